The molecule has 0 radical (unpaired) electrons. The van der Waals surface area contributed by atoms with Crippen molar-refractivity contribution in [2.45, 2.75) is 6.92 Å². The van der Waals surface area contributed by atoms with Gasteiger partial charge in [-0.1, -0.05) is 5.16 Å². The summed E-state index contributed by atoms with van der Waals surface area (Å²) in [6, 6.07) is 0.380. The number of nitrogens with zero attached hydrogens (tertiary/aromatic N) is 4. The van der Waals surface area contributed by atoms with Crippen molar-refractivity contribution in [3.05, 3.63) is 18.2 Å². The number of anilines is 2. The van der Waals surface area contributed by atoms with Crippen LogP contribution in [-0.4, -0.2) is 19.9 Å². The molecule has 0 amide bonds. The molecular formula is C7H9N5O. The Morgan fingerprint density at radius 2 is 2.38 bits per heavy atom. The van der Waals surface area contributed by atoms with Crippen molar-refractivity contribution in [2.24, 2.45) is 7.05 Å². The van der Waals surface area contributed by atoms with Gasteiger partial charge in [0.1, 0.15) is 0 Å². The summed E-state index contributed by atoms with van der Waals surface area (Å²) in [5.74, 6) is 0.603. The lowest BCUT2D eigenvalue weighted by atomic mass is 10.6. The van der Waals surface area contributed by atoms with Crippen LogP contribution in [0.5, 0.6) is 0 Å². The molecule has 2 heterocycles. The van der Waals surface area contributed by atoms with Crippen LogP contribution >= 0.6 is 0 Å². The second-order valence-electron chi connectivity index (χ2n) is 2.67. The second-order valence-corrected chi connectivity index (χ2v) is 2.67. The van der Waals surface area contributed by atoms with Crippen molar-refractivity contribution in [3.63, 3.8) is 0 Å². The first-order valence-corrected chi connectivity index (χ1v) is 3.80. The summed E-state index contributed by atoms with van der Waals surface area (Å²) in [7, 11) is 1.84. The van der Waals surface area contributed by atoms with Crippen molar-refractivity contribution in [1.29, 1.82) is 0 Å². The maximum Gasteiger partial charge on any atom is 0.325 e. The van der Waals surface area contributed by atoms with E-state index in [2.05, 4.69) is 20.6 Å². The fourth-order valence-corrected chi connectivity index (χ4v) is 0.957. The highest BCUT2D eigenvalue weighted by Gasteiger charge is 2.02. The van der Waals surface area contributed by atoms with Gasteiger partial charge in [0.05, 0.1) is 11.9 Å². The number of aryl methyl sites for hydroxylation is 2. The Balaban J connectivity index is 2.14. The van der Waals surface area contributed by atoms with Gasteiger partial charge in [-0.15, -0.1) is 0 Å². The summed E-state index contributed by atoms with van der Waals surface area (Å²) in [5.41, 5.74) is 0.825. The minimum Gasteiger partial charge on any atom is -0.315 e. The molecule has 0 saturated carbocycles. The Bertz CT molecular complexity index is 366. The molecule has 0 spiro atoms. The quantitative estimate of drug-likeness (QED) is 0.740. The zero-order valence-corrected chi connectivity index (χ0v) is 7.35. The fourth-order valence-electron chi connectivity index (χ4n) is 0.957. The first-order chi connectivity index (χ1) is 6.24. The van der Waals surface area contributed by atoms with Gasteiger partial charge < -0.3 is 9.84 Å². The molecule has 68 valence electrons. The maximum absolute atomic E-state index is 4.87. The smallest absolute Gasteiger partial charge is 0.315 e. The summed E-state index contributed by atoms with van der Waals surface area (Å²) in [5, 5.41) is 10.5. The van der Waals surface area contributed by atoms with E-state index in [1.54, 1.807) is 17.8 Å². The minimum atomic E-state index is 0.380. The van der Waals surface area contributed by atoms with Gasteiger partial charge in [-0.2, -0.15) is 10.1 Å². The molecule has 0 atom stereocenters. The lowest BCUT2D eigenvalue weighted by Crippen LogP contribution is -1.88. The van der Waals surface area contributed by atoms with Gasteiger partial charge in [-0.3, -0.25) is 4.68 Å². The van der Waals surface area contributed by atoms with Crippen molar-refractivity contribution in [1.82, 2.24) is 19.9 Å². The van der Waals surface area contributed by atoms with Crippen LogP contribution in [0.15, 0.2) is 16.9 Å². The fraction of sp³-hybridized carbons (Fsp3) is 0.286. The third-order valence-corrected chi connectivity index (χ3v) is 1.48. The Labute approximate surface area is 74.6 Å². The number of rotatable bonds is 2. The van der Waals surface area contributed by atoms with E-state index in [0.717, 1.165) is 5.69 Å². The molecule has 0 aliphatic carbocycles. The van der Waals surface area contributed by atoms with Gasteiger partial charge in [0, 0.05) is 13.2 Å². The van der Waals surface area contributed by atoms with E-state index in [1.807, 2.05) is 13.2 Å². The Kier molecular flexibility index (Phi) is 1.73. The van der Waals surface area contributed by atoms with Crippen LogP contribution in [0, 0.1) is 6.92 Å². The van der Waals surface area contributed by atoms with Crippen LogP contribution in [0.3, 0.4) is 0 Å². The number of hydrogen-bond acceptors (Lipinski definition) is 5. The summed E-state index contributed by atoms with van der Waals surface area (Å²) in [6.07, 6.45) is 3.50. The van der Waals surface area contributed by atoms with Gasteiger partial charge in [0.15, 0.2) is 5.82 Å². The zero-order chi connectivity index (χ0) is 9.26. The summed E-state index contributed by atoms with van der Waals surface area (Å²) in [4.78, 5) is 3.99. The van der Waals surface area contributed by atoms with Gasteiger partial charge in [-0.05, 0) is 6.92 Å². The highest BCUT2D eigenvalue weighted by molar-refractivity contribution is 5.48. The number of nitrogens with one attached hydrogen (secondary N) is 1. The molecule has 0 aromatic carbocycles. The predicted octanol–water partition coefficient (Wildman–Crippen LogP) is 0.855. The average molecular weight is 179 g/mol. The third kappa shape index (κ3) is 1.66. The minimum absolute atomic E-state index is 0.380. The van der Waals surface area contributed by atoms with Gasteiger partial charge in [0.2, 0.25) is 0 Å². The van der Waals surface area contributed by atoms with Gasteiger partial charge >= 0.3 is 6.01 Å². The molecule has 0 aliphatic rings. The predicted molar refractivity (Wildman–Crippen MR) is 45.5 cm³/mol. The lowest BCUT2D eigenvalue weighted by molar-refractivity contribution is 0.428. The molecule has 6 nitrogen and oxygen atoms in total. The monoisotopic (exact) mass is 179 g/mol. The summed E-state index contributed by atoms with van der Waals surface area (Å²) >= 11 is 0. The van der Waals surface area contributed by atoms with Crippen molar-refractivity contribution in [2.75, 3.05) is 5.32 Å². The van der Waals surface area contributed by atoms with Crippen LogP contribution in [0.2, 0.25) is 0 Å². The van der Waals surface area contributed by atoms with Crippen LogP contribution in [-0.2, 0) is 7.05 Å². The van der Waals surface area contributed by atoms with Gasteiger partial charge in [0.25, 0.3) is 0 Å². The maximum atomic E-state index is 4.87. The molecule has 6 heteroatoms. The molecule has 2 aromatic rings. The standard InChI is InChI=1S/C7H9N5O/c1-5-9-7(13-11-5)10-6-3-8-12(2)4-6/h3-4H,1-2H3,(H,9,10,11). The van der Waals surface area contributed by atoms with E-state index in [0.29, 0.717) is 11.8 Å². The van der Waals surface area contributed by atoms with Crippen molar-refractivity contribution in [3.8, 4) is 0 Å². The Hall–Kier alpha value is -1.85. The Morgan fingerprint density at radius 3 is 2.92 bits per heavy atom. The number of hydrogen-bond donors (Lipinski definition) is 1. The van der Waals surface area contributed by atoms with Crippen LogP contribution in [0.4, 0.5) is 11.7 Å². The third-order valence-electron chi connectivity index (χ3n) is 1.48. The first kappa shape index (κ1) is 7.78. The van der Waals surface area contributed by atoms with Crippen LogP contribution < -0.4 is 5.32 Å². The van der Waals surface area contributed by atoms with Crippen molar-refractivity contribution < 1.29 is 4.52 Å². The molecule has 2 aromatic heterocycles. The molecule has 0 unspecified atom stereocenters. The SMILES string of the molecule is Cc1noc(Nc2cnn(C)c2)n1. The first-order valence-electron chi connectivity index (χ1n) is 3.80. The van der Waals surface area contributed by atoms with E-state index < -0.39 is 0 Å². The molecule has 1 N–H and O–H groups in total. The molecule has 0 bridgehead atoms. The topological polar surface area (TPSA) is 68.8 Å². The Morgan fingerprint density at radius 1 is 1.54 bits per heavy atom. The van der Waals surface area contributed by atoms with Crippen molar-refractivity contribution >= 4 is 11.7 Å². The molecule has 2 rings (SSSR count). The summed E-state index contributed by atoms with van der Waals surface area (Å²) in [6.45, 7) is 1.76. The second kappa shape index (κ2) is 2.89. The molecular weight excluding hydrogens is 170 g/mol. The highest BCUT2D eigenvalue weighted by Crippen LogP contribution is 2.12. The zero-order valence-electron chi connectivity index (χ0n) is 7.35. The highest BCUT2D eigenvalue weighted by atomic mass is 16.5. The average Bonchev–Trinajstić information content (AvgIpc) is 2.62. The van der Waals surface area contributed by atoms with Crippen LogP contribution in [0.1, 0.15) is 5.82 Å². The lowest BCUT2D eigenvalue weighted by Gasteiger charge is -1.92. The largest absolute Gasteiger partial charge is 0.325 e. The molecule has 0 saturated heterocycles. The molecule has 0 aliphatic heterocycles. The van der Waals surface area contributed by atoms with Gasteiger partial charge in [-0.25, -0.2) is 0 Å². The number of aromatic nitrogens is 4. The van der Waals surface area contributed by atoms with E-state index in [-0.39, 0.29) is 0 Å². The normalized spacial score (nSPS) is 10.3. The van der Waals surface area contributed by atoms with Crippen LogP contribution in [0.25, 0.3) is 0 Å². The van der Waals surface area contributed by atoms with E-state index in [4.69, 9.17) is 4.52 Å². The van der Waals surface area contributed by atoms with E-state index in [9.17, 15) is 0 Å². The summed E-state index contributed by atoms with van der Waals surface area (Å²) < 4.78 is 6.55. The van der Waals surface area contributed by atoms with E-state index >= 15 is 0 Å². The van der Waals surface area contributed by atoms with E-state index in [1.165, 1.54) is 0 Å². The molecule has 13 heavy (non-hydrogen) atoms. The molecule has 0 fully saturated rings.